The van der Waals surface area contributed by atoms with E-state index in [1.807, 2.05) is 6.92 Å². The molecule has 0 saturated heterocycles. The van der Waals surface area contributed by atoms with Crippen LogP contribution in [0.25, 0.3) is 0 Å². The standard InChI is InChI=1S/C15H27N3O4/c1-3-10(2)13(14(20)21)16-9-12(19)18-15(22)17-11-7-5-4-6-8-11/h10-11,13,16H,3-9H2,1-2H3,(H,20,21)(H2,17,18,19,22)/t10-,13-/m0/s1. The van der Waals surface area contributed by atoms with Crippen LogP contribution >= 0.6 is 0 Å². The molecule has 126 valence electrons. The SMILES string of the molecule is CC[C@H](C)[C@H](NCC(=O)NC(=O)NC1CCCCC1)C(=O)O. The van der Waals surface area contributed by atoms with E-state index in [4.69, 9.17) is 5.11 Å². The molecule has 0 aliphatic heterocycles. The molecular weight excluding hydrogens is 286 g/mol. The maximum Gasteiger partial charge on any atom is 0.321 e. The summed E-state index contributed by atoms with van der Waals surface area (Å²) in [6, 6.07) is -1.17. The molecular formula is C15H27N3O4. The fourth-order valence-electron chi connectivity index (χ4n) is 2.61. The third-order valence-corrected chi connectivity index (χ3v) is 4.15. The molecule has 7 nitrogen and oxygen atoms in total. The van der Waals surface area contributed by atoms with Crippen LogP contribution in [0.5, 0.6) is 0 Å². The van der Waals surface area contributed by atoms with Gasteiger partial charge < -0.3 is 10.4 Å². The van der Waals surface area contributed by atoms with Crippen molar-refractivity contribution >= 4 is 17.9 Å². The van der Waals surface area contributed by atoms with E-state index in [1.165, 1.54) is 6.42 Å². The summed E-state index contributed by atoms with van der Waals surface area (Å²) >= 11 is 0. The first-order valence-corrected chi connectivity index (χ1v) is 8.00. The van der Waals surface area contributed by atoms with Gasteiger partial charge in [-0.2, -0.15) is 0 Å². The Hall–Kier alpha value is -1.63. The lowest BCUT2D eigenvalue weighted by atomic mass is 9.96. The second-order valence-electron chi connectivity index (χ2n) is 5.94. The molecule has 3 amide bonds. The number of carbonyl (C=O) groups excluding carboxylic acids is 2. The number of carbonyl (C=O) groups is 3. The van der Waals surface area contributed by atoms with Gasteiger partial charge in [0.2, 0.25) is 5.91 Å². The first-order valence-electron chi connectivity index (χ1n) is 8.00. The maximum absolute atomic E-state index is 11.7. The summed E-state index contributed by atoms with van der Waals surface area (Å²) < 4.78 is 0. The van der Waals surface area contributed by atoms with Crippen LogP contribution in [0.4, 0.5) is 4.79 Å². The topological polar surface area (TPSA) is 108 Å². The first-order chi connectivity index (χ1) is 10.4. The van der Waals surface area contributed by atoms with Gasteiger partial charge in [-0.15, -0.1) is 0 Å². The Balaban J connectivity index is 2.32. The zero-order valence-electron chi connectivity index (χ0n) is 13.4. The predicted molar refractivity (Wildman–Crippen MR) is 82.4 cm³/mol. The minimum absolute atomic E-state index is 0.0960. The highest BCUT2D eigenvalue weighted by Gasteiger charge is 2.24. The van der Waals surface area contributed by atoms with Crippen molar-refractivity contribution in [2.24, 2.45) is 5.92 Å². The van der Waals surface area contributed by atoms with Gasteiger partial charge >= 0.3 is 12.0 Å². The van der Waals surface area contributed by atoms with Crippen molar-refractivity contribution in [1.82, 2.24) is 16.0 Å². The summed E-state index contributed by atoms with van der Waals surface area (Å²) in [6.45, 7) is 3.50. The van der Waals surface area contributed by atoms with Crippen molar-refractivity contribution < 1.29 is 19.5 Å². The number of imide groups is 1. The summed E-state index contributed by atoms with van der Waals surface area (Å²) in [4.78, 5) is 34.5. The van der Waals surface area contributed by atoms with Crippen LogP contribution in [0.3, 0.4) is 0 Å². The molecule has 0 radical (unpaired) electrons. The van der Waals surface area contributed by atoms with Gasteiger partial charge in [0.1, 0.15) is 6.04 Å². The molecule has 22 heavy (non-hydrogen) atoms. The second-order valence-corrected chi connectivity index (χ2v) is 5.94. The van der Waals surface area contributed by atoms with Gasteiger partial charge in [0.05, 0.1) is 6.54 Å². The van der Waals surface area contributed by atoms with Gasteiger partial charge in [0.25, 0.3) is 0 Å². The number of hydrogen-bond acceptors (Lipinski definition) is 4. The molecule has 0 spiro atoms. The molecule has 1 aliphatic rings. The molecule has 0 aromatic heterocycles. The largest absolute Gasteiger partial charge is 0.480 e. The van der Waals surface area contributed by atoms with E-state index < -0.39 is 23.9 Å². The van der Waals surface area contributed by atoms with Gasteiger partial charge in [0.15, 0.2) is 0 Å². The van der Waals surface area contributed by atoms with Crippen LogP contribution in [-0.4, -0.2) is 41.6 Å². The minimum atomic E-state index is -0.992. The molecule has 0 aromatic carbocycles. The molecule has 7 heteroatoms. The highest BCUT2D eigenvalue weighted by atomic mass is 16.4. The lowest BCUT2D eigenvalue weighted by Gasteiger charge is -2.23. The second kappa shape index (κ2) is 9.40. The molecule has 0 aromatic rings. The molecule has 0 heterocycles. The molecule has 1 rings (SSSR count). The van der Waals surface area contributed by atoms with Crippen LogP contribution in [0.15, 0.2) is 0 Å². The number of urea groups is 1. The zero-order chi connectivity index (χ0) is 16.5. The summed E-state index contributed by atoms with van der Waals surface area (Å²) in [5.74, 6) is -1.61. The summed E-state index contributed by atoms with van der Waals surface area (Å²) in [7, 11) is 0. The molecule has 0 bridgehead atoms. The van der Waals surface area contributed by atoms with E-state index >= 15 is 0 Å². The Morgan fingerprint density at radius 2 is 1.82 bits per heavy atom. The lowest BCUT2D eigenvalue weighted by molar-refractivity contribution is -0.140. The van der Waals surface area contributed by atoms with Crippen LogP contribution in [-0.2, 0) is 9.59 Å². The van der Waals surface area contributed by atoms with Crippen molar-refractivity contribution in [3.05, 3.63) is 0 Å². The Kier molecular flexibility index (Phi) is 7.87. The highest BCUT2D eigenvalue weighted by molar-refractivity contribution is 5.95. The van der Waals surface area contributed by atoms with Crippen molar-refractivity contribution in [1.29, 1.82) is 0 Å². The van der Waals surface area contributed by atoms with Crippen molar-refractivity contribution in [2.45, 2.75) is 64.5 Å². The van der Waals surface area contributed by atoms with E-state index in [9.17, 15) is 14.4 Å². The van der Waals surface area contributed by atoms with Gasteiger partial charge in [-0.3, -0.25) is 20.2 Å². The fraction of sp³-hybridized carbons (Fsp3) is 0.800. The van der Waals surface area contributed by atoms with E-state index in [2.05, 4.69) is 16.0 Å². The van der Waals surface area contributed by atoms with E-state index in [0.717, 1.165) is 25.7 Å². The molecule has 1 aliphatic carbocycles. The third kappa shape index (κ3) is 6.43. The number of hydrogen-bond donors (Lipinski definition) is 4. The summed E-state index contributed by atoms with van der Waals surface area (Å²) in [5.41, 5.74) is 0. The van der Waals surface area contributed by atoms with Crippen LogP contribution in [0.2, 0.25) is 0 Å². The van der Waals surface area contributed by atoms with E-state index in [0.29, 0.717) is 6.42 Å². The summed E-state index contributed by atoms with van der Waals surface area (Å²) in [6.07, 6.45) is 5.94. The van der Waals surface area contributed by atoms with Crippen LogP contribution in [0, 0.1) is 5.92 Å². The van der Waals surface area contributed by atoms with E-state index in [-0.39, 0.29) is 18.5 Å². The number of rotatable bonds is 7. The third-order valence-electron chi connectivity index (χ3n) is 4.15. The van der Waals surface area contributed by atoms with Crippen molar-refractivity contribution in [3.8, 4) is 0 Å². The molecule has 1 fully saturated rings. The normalized spacial score (nSPS) is 18.3. The van der Waals surface area contributed by atoms with Gasteiger partial charge in [-0.1, -0.05) is 39.5 Å². The smallest absolute Gasteiger partial charge is 0.321 e. The molecule has 1 saturated carbocycles. The number of aliphatic carboxylic acids is 1. The molecule has 4 N–H and O–H groups in total. The molecule has 2 atom stereocenters. The Morgan fingerprint density at radius 1 is 1.18 bits per heavy atom. The highest BCUT2D eigenvalue weighted by Crippen LogP contribution is 2.17. The number of amides is 3. The Labute approximate surface area is 131 Å². The zero-order valence-corrected chi connectivity index (χ0v) is 13.4. The van der Waals surface area contributed by atoms with Crippen molar-refractivity contribution in [2.75, 3.05) is 6.54 Å². The van der Waals surface area contributed by atoms with E-state index in [1.54, 1.807) is 6.92 Å². The average molecular weight is 313 g/mol. The average Bonchev–Trinajstić information content (AvgIpc) is 2.47. The van der Waals surface area contributed by atoms with Gasteiger partial charge in [-0.25, -0.2) is 4.79 Å². The fourth-order valence-corrected chi connectivity index (χ4v) is 2.61. The monoisotopic (exact) mass is 313 g/mol. The van der Waals surface area contributed by atoms with Gasteiger partial charge in [0, 0.05) is 6.04 Å². The number of carboxylic acid groups (broad SMARTS) is 1. The maximum atomic E-state index is 11.7. The van der Waals surface area contributed by atoms with Crippen LogP contribution < -0.4 is 16.0 Å². The Bertz CT molecular complexity index is 394. The van der Waals surface area contributed by atoms with Gasteiger partial charge in [-0.05, 0) is 18.8 Å². The van der Waals surface area contributed by atoms with Crippen LogP contribution in [0.1, 0.15) is 52.4 Å². The van der Waals surface area contributed by atoms with Crippen molar-refractivity contribution in [3.63, 3.8) is 0 Å². The minimum Gasteiger partial charge on any atom is -0.480 e. The molecule has 0 unspecified atom stereocenters. The number of nitrogens with one attached hydrogen (secondary N) is 3. The predicted octanol–water partition coefficient (Wildman–Crippen LogP) is 1.23. The quantitative estimate of drug-likeness (QED) is 0.565. The number of carboxylic acids is 1. The first kappa shape index (κ1) is 18.4. The summed E-state index contributed by atoms with van der Waals surface area (Å²) in [5, 5.41) is 16.8. The lowest BCUT2D eigenvalue weighted by Crippen LogP contribution is -2.50. The Morgan fingerprint density at radius 3 is 2.36 bits per heavy atom.